The molecule has 0 unspecified atom stereocenters. The normalized spacial score (nSPS) is 10.7. The van der Waals surface area contributed by atoms with Crippen molar-refractivity contribution in [3.05, 3.63) is 56.0 Å². The lowest BCUT2D eigenvalue weighted by atomic mass is 10.1. The highest BCUT2D eigenvalue weighted by molar-refractivity contribution is 9.10. The Bertz CT molecular complexity index is 646. The van der Waals surface area contributed by atoms with E-state index < -0.39 is 0 Å². The molecule has 0 aliphatic carbocycles. The molecule has 5 heteroatoms. The van der Waals surface area contributed by atoms with Gasteiger partial charge in [0, 0.05) is 17.1 Å². The quantitative estimate of drug-likeness (QED) is 0.637. The second kappa shape index (κ2) is 7.50. The van der Waals surface area contributed by atoms with Crippen LogP contribution in [0.4, 0.5) is 0 Å². The molecule has 2 rings (SSSR count). The Morgan fingerprint density at radius 3 is 2.57 bits per heavy atom. The first-order valence-corrected chi connectivity index (χ1v) is 8.18. The van der Waals surface area contributed by atoms with Crippen molar-refractivity contribution in [3.63, 3.8) is 0 Å². The molecular formula is C16H16BrCl2NO. The third kappa shape index (κ3) is 4.36. The van der Waals surface area contributed by atoms with Gasteiger partial charge in [0.05, 0.1) is 10.0 Å². The van der Waals surface area contributed by atoms with Gasteiger partial charge in [0.1, 0.15) is 11.5 Å². The molecule has 0 fully saturated rings. The van der Waals surface area contributed by atoms with Gasteiger partial charge < -0.3 is 10.1 Å². The number of benzene rings is 2. The van der Waals surface area contributed by atoms with Crippen molar-refractivity contribution in [2.75, 3.05) is 6.54 Å². The third-order valence-corrected chi connectivity index (χ3v) is 4.57. The number of ether oxygens (including phenoxy) is 1. The van der Waals surface area contributed by atoms with Crippen LogP contribution >= 0.6 is 39.1 Å². The Morgan fingerprint density at radius 1 is 1.14 bits per heavy atom. The molecule has 1 N–H and O–H groups in total. The molecule has 0 spiro atoms. The van der Waals surface area contributed by atoms with Gasteiger partial charge in [-0.25, -0.2) is 0 Å². The van der Waals surface area contributed by atoms with Gasteiger partial charge in [0.25, 0.3) is 0 Å². The van der Waals surface area contributed by atoms with E-state index in [-0.39, 0.29) is 0 Å². The average molecular weight is 389 g/mol. The van der Waals surface area contributed by atoms with Gasteiger partial charge in [0.2, 0.25) is 0 Å². The fraction of sp³-hybridized carbons (Fsp3) is 0.250. The summed E-state index contributed by atoms with van der Waals surface area (Å²) in [5.41, 5.74) is 2.43. The number of nitrogens with one attached hydrogen (secondary N) is 1. The predicted octanol–water partition coefficient (Wildman–Crippen LogP) is 5.97. The third-order valence-electron chi connectivity index (χ3n) is 3.08. The molecule has 0 aliphatic rings. The maximum absolute atomic E-state index is 6.17. The van der Waals surface area contributed by atoms with Crippen LogP contribution < -0.4 is 10.1 Å². The summed E-state index contributed by atoms with van der Waals surface area (Å²) in [4.78, 5) is 0. The minimum atomic E-state index is 0.514. The smallest absolute Gasteiger partial charge is 0.147 e. The van der Waals surface area contributed by atoms with Crippen LogP contribution in [0.5, 0.6) is 11.5 Å². The van der Waals surface area contributed by atoms with Crippen LogP contribution in [0.3, 0.4) is 0 Å². The highest BCUT2D eigenvalue weighted by Crippen LogP contribution is 2.36. The molecule has 0 atom stereocenters. The van der Waals surface area contributed by atoms with Gasteiger partial charge in [-0.2, -0.15) is 0 Å². The lowest BCUT2D eigenvalue weighted by molar-refractivity contribution is 0.482. The molecule has 112 valence electrons. The summed E-state index contributed by atoms with van der Waals surface area (Å²) in [5, 5.41) is 4.39. The topological polar surface area (TPSA) is 21.3 Å². The second-order valence-corrected chi connectivity index (χ2v) is 6.34. The zero-order chi connectivity index (χ0) is 15.4. The van der Waals surface area contributed by atoms with E-state index in [1.54, 1.807) is 12.1 Å². The largest absolute Gasteiger partial charge is 0.456 e. The summed E-state index contributed by atoms with van der Waals surface area (Å²) in [6.45, 7) is 5.96. The minimum Gasteiger partial charge on any atom is -0.456 e. The predicted molar refractivity (Wildman–Crippen MR) is 92.8 cm³/mol. The van der Waals surface area contributed by atoms with Crippen molar-refractivity contribution in [2.24, 2.45) is 0 Å². The molecule has 21 heavy (non-hydrogen) atoms. The Morgan fingerprint density at radius 2 is 1.90 bits per heavy atom. The maximum atomic E-state index is 6.17. The van der Waals surface area contributed by atoms with Crippen LogP contribution in [-0.4, -0.2) is 6.54 Å². The van der Waals surface area contributed by atoms with Crippen molar-refractivity contribution >= 4 is 39.1 Å². The SMILES string of the molecule is CCNCc1ccc(Oc2cc(Cl)c(Br)cc2Cl)cc1C. The van der Waals surface area contributed by atoms with Crippen LogP contribution in [0.2, 0.25) is 10.0 Å². The van der Waals surface area contributed by atoms with Crippen LogP contribution in [0.25, 0.3) is 0 Å². The molecule has 2 aromatic carbocycles. The lowest BCUT2D eigenvalue weighted by Crippen LogP contribution is -2.12. The number of rotatable bonds is 5. The first kappa shape index (κ1) is 16.6. The van der Waals surface area contributed by atoms with E-state index in [2.05, 4.69) is 41.2 Å². The van der Waals surface area contributed by atoms with E-state index in [1.807, 2.05) is 12.1 Å². The molecule has 0 bridgehead atoms. The average Bonchev–Trinajstić information content (AvgIpc) is 2.44. The summed E-state index contributed by atoms with van der Waals surface area (Å²) >= 11 is 15.6. The first-order chi connectivity index (χ1) is 10.0. The van der Waals surface area contributed by atoms with Gasteiger partial charge in [0.15, 0.2) is 0 Å². The Labute approximate surface area is 143 Å². The number of hydrogen-bond donors (Lipinski definition) is 1. The standard InChI is InChI=1S/C16H16BrCl2NO/c1-3-20-9-11-4-5-12(6-10(11)2)21-16-8-14(18)13(17)7-15(16)19/h4-8,20H,3,9H2,1-2H3. The monoisotopic (exact) mass is 387 g/mol. The van der Waals surface area contributed by atoms with E-state index in [0.717, 1.165) is 23.3 Å². The first-order valence-electron chi connectivity index (χ1n) is 6.64. The van der Waals surface area contributed by atoms with Crippen LogP contribution in [0.1, 0.15) is 18.1 Å². The fourth-order valence-corrected chi connectivity index (χ4v) is 2.73. The molecule has 0 aliphatic heterocycles. The van der Waals surface area contributed by atoms with Crippen molar-refractivity contribution < 1.29 is 4.74 Å². The van der Waals surface area contributed by atoms with Gasteiger partial charge >= 0.3 is 0 Å². The molecular weight excluding hydrogens is 373 g/mol. The number of aryl methyl sites for hydroxylation is 1. The number of hydrogen-bond acceptors (Lipinski definition) is 2. The summed E-state index contributed by atoms with van der Waals surface area (Å²) in [6, 6.07) is 9.42. The maximum Gasteiger partial charge on any atom is 0.147 e. The molecule has 2 aromatic rings. The van der Waals surface area contributed by atoms with E-state index in [9.17, 15) is 0 Å². The van der Waals surface area contributed by atoms with E-state index in [4.69, 9.17) is 27.9 Å². The highest BCUT2D eigenvalue weighted by atomic mass is 79.9. The summed E-state index contributed by atoms with van der Waals surface area (Å²) in [6.07, 6.45) is 0. The molecule has 2 nitrogen and oxygen atoms in total. The van der Waals surface area contributed by atoms with Crippen LogP contribution in [0.15, 0.2) is 34.8 Å². The summed E-state index contributed by atoms with van der Waals surface area (Å²) < 4.78 is 6.58. The zero-order valence-corrected chi connectivity index (χ0v) is 14.9. The highest BCUT2D eigenvalue weighted by Gasteiger charge is 2.09. The molecule has 0 saturated heterocycles. The molecule has 0 aromatic heterocycles. The van der Waals surface area contributed by atoms with Crippen molar-refractivity contribution in [2.45, 2.75) is 20.4 Å². The van der Waals surface area contributed by atoms with Crippen molar-refractivity contribution in [3.8, 4) is 11.5 Å². The molecule has 0 amide bonds. The van der Waals surface area contributed by atoms with Gasteiger partial charge in [-0.15, -0.1) is 0 Å². The molecule has 0 saturated carbocycles. The van der Waals surface area contributed by atoms with Crippen LogP contribution in [-0.2, 0) is 6.54 Å². The minimum absolute atomic E-state index is 0.514. The zero-order valence-electron chi connectivity index (χ0n) is 11.8. The van der Waals surface area contributed by atoms with Gasteiger partial charge in [-0.1, -0.05) is 36.2 Å². The second-order valence-electron chi connectivity index (χ2n) is 4.67. The fourth-order valence-electron chi connectivity index (χ4n) is 1.90. The molecule has 0 heterocycles. The summed E-state index contributed by atoms with van der Waals surface area (Å²) in [5.74, 6) is 1.29. The number of halogens is 3. The summed E-state index contributed by atoms with van der Waals surface area (Å²) in [7, 11) is 0. The Kier molecular flexibility index (Phi) is 5.94. The van der Waals surface area contributed by atoms with E-state index in [0.29, 0.717) is 15.8 Å². The van der Waals surface area contributed by atoms with Gasteiger partial charge in [-0.3, -0.25) is 0 Å². The lowest BCUT2D eigenvalue weighted by Gasteiger charge is -2.12. The van der Waals surface area contributed by atoms with Gasteiger partial charge in [-0.05, 0) is 58.7 Å². The van der Waals surface area contributed by atoms with E-state index in [1.165, 1.54) is 11.1 Å². The molecule has 0 radical (unpaired) electrons. The Hall–Kier alpha value is -0.740. The van der Waals surface area contributed by atoms with Crippen molar-refractivity contribution in [1.29, 1.82) is 0 Å². The Balaban J connectivity index is 2.20. The van der Waals surface area contributed by atoms with E-state index >= 15 is 0 Å². The van der Waals surface area contributed by atoms with Crippen LogP contribution in [0, 0.1) is 6.92 Å². The van der Waals surface area contributed by atoms with Crippen molar-refractivity contribution in [1.82, 2.24) is 5.32 Å².